The predicted octanol–water partition coefficient (Wildman–Crippen LogP) is 4.57. The van der Waals surface area contributed by atoms with E-state index in [-0.39, 0.29) is 6.10 Å². The topological polar surface area (TPSA) is 65.5 Å². The molecule has 1 aliphatic heterocycles. The van der Waals surface area contributed by atoms with Crippen molar-refractivity contribution in [2.24, 2.45) is 0 Å². The van der Waals surface area contributed by atoms with Crippen molar-refractivity contribution < 1.29 is 14.2 Å². The molecule has 6 heteroatoms. The second-order valence-corrected chi connectivity index (χ2v) is 6.47. The molecule has 0 saturated heterocycles. The van der Waals surface area contributed by atoms with Gasteiger partial charge in [-0.05, 0) is 31.5 Å². The molecule has 6 nitrogen and oxygen atoms in total. The van der Waals surface area contributed by atoms with Crippen LogP contribution >= 0.6 is 0 Å². The molecule has 4 rings (SSSR count). The first-order chi connectivity index (χ1) is 13.2. The van der Waals surface area contributed by atoms with Crippen LogP contribution in [0.15, 0.2) is 43.2 Å². The van der Waals surface area contributed by atoms with Gasteiger partial charge in [-0.2, -0.15) is 0 Å². The van der Waals surface area contributed by atoms with Gasteiger partial charge in [0.1, 0.15) is 25.4 Å². The third-order valence-electron chi connectivity index (χ3n) is 4.13. The molecule has 27 heavy (non-hydrogen) atoms. The Morgan fingerprint density at radius 3 is 2.74 bits per heavy atom. The normalized spacial score (nSPS) is 12.9. The van der Waals surface area contributed by atoms with E-state index in [2.05, 4.69) is 21.9 Å². The summed E-state index contributed by atoms with van der Waals surface area (Å²) in [6, 6.07) is 9.80. The molecule has 2 heterocycles. The summed E-state index contributed by atoms with van der Waals surface area (Å²) in [6.07, 6.45) is 3.34. The Hall–Kier alpha value is -3.28. The summed E-state index contributed by atoms with van der Waals surface area (Å²) in [5, 5.41) is 4.13. The smallest absolute Gasteiger partial charge is 0.204 e. The third kappa shape index (κ3) is 3.38. The monoisotopic (exact) mass is 363 g/mol. The molecule has 1 N–H and O–H groups in total. The molecule has 0 radical (unpaired) electrons. The molecule has 0 atom stereocenters. The summed E-state index contributed by atoms with van der Waals surface area (Å²) in [6.45, 7) is 8.70. The minimum atomic E-state index is 0.0122. The number of nitrogens with zero attached hydrogens (tertiary/aromatic N) is 2. The van der Waals surface area contributed by atoms with Crippen molar-refractivity contribution in [1.29, 1.82) is 0 Å². The SMILES string of the molecule is C=Cc1cccc(Nc2ncnc3cc(OC(C)C)c4c(c23)OCCO4)c1. The largest absolute Gasteiger partial charge is 0.487 e. The Bertz CT molecular complexity index is 1000. The molecule has 3 aromatic rings. The van der Waals surface area contributed by atoms with Crippen molar-refractivity contribution in [2.75, 3.05) is 18.5 Å². The summed E-state index contributed by atoms with van der Waals surface area (Å²) in [7, 11) is 0. The van der Waals surface area contributed by atoms with E-state index in [1.165, 1.54) is 6.33 Å². The van der Waals surface area contributed by atoms with Crippen molar-refractivity contribution in [3.8, 4) is 17.2 Å². The molecule has 0 amide bonds. The predicted molar refractivity (Wildman–Crippen MR) is 106 cm³/mol. The number of hydrogen-bond acceptors (Lipinski definition) is 6. The van der Waals surface area contributed by atoms with Gasteiger partial charge in [0.15, 0.2) is 11.5 Å². The molecule has 1 aromatic heterocycles. The Labute approximate surface area is 157 Å². The zero-order chi connectivity index (χ0) is 18.8. The van der Waals surface area contributed by atoms with Gasteiger partial charge in [0.2, 0.25) is 5.75 Å². The minimum Gasteiger partial charge on any atom is -0.487 e. The molecular formula is C21H21N3O3. The number of ether oxygens (including phenoxy) is 3. The van der Waals surface area contributed by atoms with E-state index >= 15 is 0 Å². The molecular weight excluding hydrogens is 342 g/mol. The maximum absolute atomic E-state index is 5.94. The second-order valence-electron chi connectivity index (χ2n) is 6.47. The fraction of sp³-hybridized carbons (Fsp3) is 0.238. The lowest BCUT2D eigenvalue weighted by atomic mass is 10.1. The molecule has 0 spiro atoms. The first kappa shape index (κ1) is 17.1. The van der Waals surface area contributed by atoms with Gasteiger partial charge in [0.05, 0.1) is 17.0 Å². The van der Waals surface area contributed by atoms with Gasteiger partial charge in [0.25, 0.3) is 0 Å². The molecule has 2 aromatic carbocycles. The lowest BCUT2D eigenvalue weighted by Crippen LogP contribution is -2.18. The van der Waals surface area contributed by atoms with Gasteiger partial charge in [-0.15, -0.1) is 0 Å². The lowest BCUT2D eigenvalue weighted by molar-refractivity contribution is 0.157. The number of benzene rings is 2. The summed E-state index contributed by atoms with van der Waals surface area (Å²) in [4.78, 5) is 8.84. The number of aromatic nitrogens is 2. The Kier molecular flexibility index (Phi) is 4.54. The average Bonchev–Trinajstić information content (AvgIpc) is 2.68. The third-order valence-corrected chi connectivity index (χ3v) is 4.13. The fourth-order valence-electron chi connectivity index (χ4n) is 3.03. The molecule has 138 valence electrons. The van der Waals surface area contributed by atoms with Crippen molar-refractivity contribution in [3.63, 3.8) is 0 Å². The maximum atomic E-state index is 5.94. The number of anilines is 2. The number of nitrogens with one attached hydrogen (secondary N) is 1. The zero-order valence-corrected chi connectivity index (χ0v) is 15.4. The highest BCUT2D eigenvalue weighted by Gasteiger charge is 2.25. The number of fused-ring (bicyclic) bond motifs is 3. The van der Waals surface area contributed by atoms with Crippen LogP contribution in [0.3, 0.4) is 0 Å². The Balaban J connectivity index is 1.85. The van der Waals surface area contributed by atoms with Gasteiger partial charge >= 0.3 is 0 Å². The van der Waals surface area contributed by atoms with Gasteiger partial charge in [-0.1, -0.05) is 24.8 Å². The van der Waals surface area contributed by atoms with Crippen molar-refractivity contribution >= 4 is 28.5 Å². The van der Waals surface area contributed by atoms with Crippen LogP contribution < -0.4 is 19.5 Å². The fourth-order valence-corrected chi connectivity index (χ4v) is 3.03. The highest BCUT2D eigenvalue weighted by molar-refractivity contribution is 5.99. The zero-order valence-electron chi connectivity index (χ0n) is 15.4. The van der Waals surface area contributed by atoms with E-state index < -0.39 is 0 Å². The summed E-state index contributed by atoms with van der Waals surface area (Å²) in [5.41, 5.74) is 2.65. The van der Waals surface area contributed by atoms with Crippen LogP contribution in [0.25, 0.3) is 17.0 Å². The Morgan fingerprint density at radius 1 is 1.15 bits per heavy atom. The van der Waals surface area contributed by atoms with E-state index in [1.807, 2.05) is 44.2 Å². The van der Waals surface area contributed by atoms with E-state index in [9.17, 15) is 0 Å². The van der Waals surface area contributed by atoms with Gasteiger partial charge in [-0.25, -0.2) is 9.97 Å². The first-order valence-electron chi connectivity index (χ1n) is 8.89. The number of rotatable bonds is 5. The van der Waals surface area contributed by atoms with Gasteiger partial charge in [-0.3, -0.25) is 0 Å². The summed E-state index contributed by atoms with van der Waals surface area (Å²) in [5.74, 6) is 2.49. The van der Waals surface area contributed by atoms with Gasteiger partial charge < -0.3 is 19.5 Å². The van der Waals surface area contributed by atoms with Crippen molar-refractivity contribution in [1.82, 2.24) is 9.97 Å². The molecule has 0 saturated carbocycles. The standard InChI is InChI=1S/C21H21N3O3/c1-4-14-6-5-7-15(10-14)24-21-18-16(22-12-23-21)11-17(27-13(2)3)19-20(18)26-9-8-25-19/h4-7,10-13H,1,8-9H2,2-3H3,(H,22,23,24). The second kappa shape index (κ2) is 7.15. The van der Waals surface area contributed by atoms with Crippen LogP contribution in [0.1, 0.15) is 19.4 Å². The summed E-state index contributed by atoms with van der Waals surface area (Å²) < 4.78 is 17.7. The molecule has 0 fully saturated rings. The van der Waals surface area contributed by atoms with Crippen molar-refractivity contribution in [3.05, 3.63) is 48.8 Å². The van der Waals surface area contributed by atoms with E-state index in [0.717, 1.165) is 22.2 Å². The first-order valence-corrected chi connectivity index (χ1v) is 8.89. The van der Waals surface area contributed by atoms with Crippen LogP contribution in [-0.4, -0.2) is 29.3 Å². The van der Waals surface area contributed by atoms with Crippen molar-refractivity contribution in [2.45, 2.75) is 20.0 Å². The quantitative estimate of drug-likeness (QED) is 0.716. The van der Waals surface area contributed by atoms with E-state index in [1.54, 1.807) is 6.08 Å². The van der Waals surface area contributed by atoms with Crippen LogP contribution in [0.2, 0.25) is 0 Å². The Morgan fingerprint density at radius 2 is 1.96 bits per heavy atom. The molecule has 0 bridgehead atoms. The van der Waals surface area contributed by atoms with E-state index in [0.29, 0.717) is 36.3 Å². The van der Waals surface area contributed by atoms with Crippen LogP contribution in [0.4, 0.5) is 11.5 Å². The number of hydrogen-bond donors (Lipinski definition) is 1. The highest BCUT2D eigenvalue weighted by atomic mass is 16.6. The molecule has 1 aliphatic rings. The molecule has 0 unspecified atom stereocenters. The van der Waals surface area contributed by atoms with Crippen LogP contribution in [-0.2, 0) is 0 Å². The summed E-state index contributed by atoms with van der Waals surface area (Å²) >= 11 is 0. The minimum absolute atomic E-state index is 0.0122. The van der Waals surface area contributed by atoms with Crippen LogP contribution in [0.5, 0.6) is 17.2 Å². The average molecular weight is 363 g/mol. The maximum Gasteiger partial charge on any atom is 0.204 e. The lowest BCUT2D eigenvalue weighted by Gasteiger charge is -2.24. The van der Waals surface area contributed by atoms with Crippen LogP contribution in [0, 0.1) is 0 Å². The highest BCUT2D eigenvalue weighted by Crippen LogP contribution is 2.47. The van der Waals surface area contributed by atoms with Gasteiger partial charge in [0, 0.05) is 11.8 Å². The van der Waals surface area contributed by atoms with E-state index in [4.69, 9.17) is 14.2 Å². The molecule has 0 aliphatic carbocycles.